The van der Waals surface area contributed by atoms with Crippen molar-refractivity contribution < 1.29 is 85.7 Å². The molecule has 0 N–H and O–H groups in total. The summed E-state index contributed by atoms with van der Waals surface area (Å²) >= 11 is 0. The van der Waals surface area contributed by atoms with Crippen LogP contribution in [-0.4, -0.2) is 123 Å². The van der Waals surface area contributed by atoms with E-state index in [1.54, 1.807) is 6.08 Å². The Labute approximate surface area is 282 Å². The minimum absolute atomic E-state index is 0.0421. The van der Waals surface area contributed by atoms with Crippen LogP contribution in [-0.2, 0) is 85.7 Å². The van der Waals surface area contributed by atoms with E-state index in [4.69, 9.17) is 52.1 Å². The Morgan fingerprint density at radius 2 is 0.918 bits per heavy atom. The number of ether oxygens (including phenoxy) is 11. The minimum Gasteiger partial charge on any atom is -0.463 e. The lowest BCUT2D eigenvalue weighted by atomic mass is 9.96. The second kappa shape index (κ2) is 19.8. The van der Waals surface area contributed by atoms with Gasteiger partial charge in [-0.25, -0.2) is 0 Å². The lowest BCUT2D eigenvalue weighted by Gasteiger charge is -2.48. The van der Waals surface area contributed by atoms with E-state index < -0.39 is 116 Å². The number of allylic oxidation sites excluding steroid dienone is 1. The predicted octanol–water partition coefficient (Wildman–Crippen LogP) is 0.589. The maximum Gasteiger partial charge on any atom is 0.303 e. The fourth-order valence-electron chi connectivity index (χ4n) is 5.03. The number of hydrogen-bond acceptors (Lipinski definition) is 18. The van der Waals surface area contributed by atoms with Gasteiger partial charge in [0.05, 0.1) is 6.61 Å². The summed E-state index contributed by atoms with van der Waals surface area (Å²) in [5, 5.41) is 0. The fraction of sp³-hybridized carbons (Fsp3) is 0.710. The van der Waals surface area contributed by atoms with Crippen LogP contribution in [0, 0.1) is 0 Å². The molecule has 0 aliphatic carbocycles. The van der Waals surface area contributed by atoms with Crippen molar-refractivity contribution in [2.75, 3.05) is 19.8 Å². The monoisotopic (exact) mass is 704 g/mol. The zero-order chi connectivity index (χ0) is 36.8. The Hall–Kier alpha value is -4.13. The van der Waals surface area contributed by atoms with Crippen LogP contribution in [0.15, 0.2) is 12.7 Å². The van der Waals surface area contributed by atoms with Gasteiger partial charge in [0.1, 0.15) is 25.4 Å². The van der Waals surface area contributed by atoms with Crippen LogP contribution in [0.4, 0.5) is 0 Å². The maximum absolute atomic E-state index is 12.4. The minimum atomic E-state index is -1.76. The van der Waals surface area contributed by atoms with Gasteiger partial charge in [-0.15, -0.1) is 6.58 Å². The van der Waals surface area contributed by atoms with E-state index >= 15 is 0 Å². The highest BCUT2D eigenvalue weighted by Crippen LogP contribution is 2.35. The molecule has 2 heterocycles. The molecule has 18 nitrogen and oxygen atoms in total. The van der Waals surface area contributed by atoms with Crippen LogP contribution in [0.25, 0.3) is 0 Å². The topological polar surface area (TPSA) is 221 Å². The molecule has 18 heteroatoms. The van der Waals surface area contributed by atoms with Crippen molar-refractivity contribution in [1.82, 2.24) is 0 Å². The van der Waals surface area contributed by atoms with E-state index in [9.17, 15) is 33.6 Å². The molecule has 2 rings (SSSR count). The molecule has 49 heavy (non-hydrogen) atoms. The van der Waals surface area contributed by atoms with Crippen LogP contribution in [0.1, 0.15) is 61.3 Å². The van der Waals surface area contributed by atoms with Crippen molar-refractivity contribution in [3.63, 3.8) is 0 Å². The molecule has 0 spiro atoms. The van der Waals surface area contributed by atoms with Gasteiger partial charge < -0.3 is 52.1 Å². The summed E-state index contributed by atoms with van der Waals surface area (Å²) in [6, 6.07) is 0. The molecule has 2 aliphatic heterocycles. The molecule has 4 unspecified atom stereocenters. The van der Waals surface area contributed by atoms with Gasteiger partial charge in [-0.1, -0.05) is 6.08 Å². The van der Waals surface area contributed by atoms with E-state index in [2.05, 4.69) is 6.58 Å². The first-order chi connectivity index (χ1) is 23.0. The van der Waals surface area contributed by atoms with Gasteiger partial charge in [0.2, 0.25) is 0 Å². The summed E-state index contributed by atoms with van der Waals surface area (Å²) in [6.45, 7) is 10.3. The van der Waals surface area contributed by atoms with Gasteiger partial charge in [0.15, 0.2) is 49.2 Å². The van der Waals surface area contributed by atoms with E-state index in [-0.39, 0.29) is 6.61 Å². The third-order valence-corrected chi connectivity index (χ3v) is 6.72. The average Bonchev–Trinajstić information content (AvgIpc) is 2.97. The van der Waals surface area contributed by atoms with Gasteiger partial charge in [0, 0.05) is 48.5 Å². The predicted molar refractivity (Wildman–Crippen MR) is 159 cm³/mol. The van der Waals surface area contributed by atoms with Gasteiger partial charge in [-0.3, -0.25) is 33.6 Å². The molecule has 276 valence electrons. The zero-order valence-electron chi connectivity index (χ0n) is 28.4. The highest BCUT2D eigenvalue weighted by molar-refractivity contribution is 5.69. The number of hydrogen-bond donors (Lipinski definition) is 0. The first-order valence-corrected chi connectivity index (χ1v) is 15.4. The zero-order valence-corrected chi connectivity index (χ0v) is 28.4. The van der Waals surface area contributed by atoms with E-state index in [1.165, 1.54) is 0 Å². The Bertz CT molecular complexity index is 1200. The highest BCUT2D eigenvalue weighted by atomic mass is 16.8. The van der Waals surface area contributed by atoms with Crippen molar-refractivity contribution >= 4 is 41.8 Å². The SMILES string of the molecule is C=CCCCO[C@@H]1OC(COC(C)=O)[C@H](OC(C)=O)[C@H](OC(C)=O)C1O[C@@H]1OC(COC(C)=O)[C@H](OC(C)=O)[C@H](OC(C)=O)C1OC(C)=O. The molecule has 0 aromatic carbocycles. The van der Waals surface area contributed by atoms with Crippen LogP contribution in [0.2, 0.25) is 0 Å². The van der Waals surface area contributed by atoms with Crippen LogP contribution >= 0.6 is 0 Å². The third-order valence-electron chi connectivity index (χ3n) is 6.72. The highest BCUT2D eigenvalue weighted by Gasteiger charge is 2.57. The van der Waals surface area contributed by atoms with Gasteiger partial charge in [-0.2, -0.15) is 0 Å². The number of esters is 7. The Morgan fingerprint density at radius 3 is 1.33 bits per heavy atom. The summed E-state index contributed by atoms with van der Waals surface area (Å²) in [5.41, 5.74) is 0. The Balaban J connectivity index is 2.71. The summed E-state index contributed by atoms with van der Waals surface area (Å²) in [6.07, 6.45) is -12.4. The number of carbonyl (C=O) groups is 7. The number of carbonyl (C=O) groups excluding carboxylic acids is 7. The van der Waals surface area contributed by atoms with E-state index in [0.29, 0.717) is 12.8 Å². The summed E-state index contributed by atoms with van der Waals surface area (Å²) in [4.78, 5) is 84.8. The first kappa shape index (κ1) is 41.0. The quantitative estimate of drug-likeness (QED) is 0.0928. The van der Waals surface area contributed by atoms with Gasteiger partial charge in [0.25, 0.3) is 0 Å². The molecule has 0 aromatic heterocycles. The van der Waals surface area contributed by atoms with Gasteiger partial charge in [-0.05, 0) is 12.8 Å². The van der Waals surface area contributed by atoms with Crippen molar-refractivity contribution in [2.24, 2.45) is 0 Å². The van der Waals surface area contributed by atoms with E-state index in [1.807, 2.05) is 0 Å². The summed E-state index contributed by atoms with van der Waals surface area (Å²) < 4.78 is 62.0. The number of rotatable bonds is 16. The second-order valence-electron chi connectivity index (χ2n) is 11.0. The van der Waals surface area contributed by atoms with Crippen molar-refractivity contribution in [3.05, 3.63) is 12.7 Å². The van der Waals surface area contributed by atoms with Crippen molar-refractivity contribution in [1.29, 1.82) is 0 Å². The molecule has 0 radical (unpaired) electrons. The maximum atomic E-state index is 12.4. The average molecular weight is 705 g/mol. The molecule has 2 fully saturated rings. The first-order valence-electron chi connectivity index (χ1n) is 15.4. The van der Waals surface area contributed by atoms with Crippen LogP contribution < -0.4 is 0 Å². The third kappa shape index (κ3) is 13.4. The smallest absolute Gasteiger partial charge is 0.303 e. The Morgan fingerprint density at radius 1 is 0.531 bits per heavy atom. The normalized spacial score (nSPS) is 29.4. The van der Waals surface area contributed by atoms with Crippen molar-refractivity contribution in [3.8, 4) is 0 Å². The standard InChI is InChI=1S/C31H44O18/c1-9-10-11-12-39-30-28(26(44-19(6)36)24(42-17(4)34)22(47-30)13-40-15(2)32)49-31-29(46-21(8)38)27(45-20(7)37)25(43-18(5)35)23(48-31)14-41-16(3)33/h9,22-31H,1,10-14H2,2-8H3/t22?,23?,24-,25-,26-,27-,28?,29?,30+,31-/m0/s1. The molecule has 2 saturated heterocycles. The van der Waals surface area contributed by atoms with Crippen LogP contribution in [0.3, 0.4) is 0 Å². The lowest BCUT2D eigenvalue weighted by molar-refractivity contribution is -0.368. The second-order valence-corrected chi connectivity index (χ2v) is 11.0. The summed E-state index contributed by atoms with van der Waals surface area (Å²) in [7, 11) is 0. The fourth-order valence-corrected chi connectivity index (χ4v) is 5.03. The largest absolute Gasteiger partial charge is 0.463 e. The molecule has 0 amide bonds. The molecule has 2 aliphatic rings. The molecule has 0 aromatic rings. The van der Waals surface area contributed by atoms with Gasteiger partial charge >= 0.3 is 41.8 Å². The molecule has 0 saturated carbocycles. The Kier molecular flexibility index (Phi) is 16.6. The molecular formula is C31H44O18. The summed E-state index contributed by atoms with van der Waals surface area (Å²) in [5.74, 6) is -5.71. The number of unbranched alkanes of at least 4 members (excludes halogenated alkanes) is 1. The van der Waals surface area contributed by atoms with Crippen LogP contribution in [0.5, 0.6) is 0 Å². The van der Waals surface area contributed by atoms with E-state index in [0.717, 1.165) is 48.5 Å². The molecular weight excluding hydrogens is 660 g/mol. The molecule has 0 bridgehead atoms. The lowest BCUT2D eigenvalue weighted by Crippen LogP contribution is -2.67. The van der Waals surface area contributed by atoms with Crippen molar-refractivity contribution in [2.45, 2.75) is 123 Å². The molecule has 10 atom stereocenters.